The number of carbonyl (C=O) groups excluding carboxylic acids is 1. The lowest BCUT2D eigenvalue weighted by atomic mass is 9.78. The minimum atomic E-state index is -1.07. The molecule has 4 nitrogen and oxygen atoms in total. The van der Waals surface area contributed by atoms with Crippen LogP contribution in [0, 0.1) is 0 Å². The molecular weight excluding hydrogens is 304 g/mol. The van der Waals surface area contributed by atoms with E-state index in [1.165, 1.54) is 6.08 Å². The summed E-state index contributed by atoms with van der Waals surface area (Å²) < 4.78 is 6.25. The van der Waals surface area contributed by atoms with Crippen LogP contribution >= 0.6 is 0 Å². The number of phenolic OH excluding ortho intramolecular Hbond substituents is 2. The first kappa shape index (κ1) is 13.2. The average molecular weight is 316 g/mol. The topological polar surface area (TPSA) is 66.8 Å². The maximum absolute atomic E-state index is 12.3. The van der Waals surface area contributed by atoms with Gasteiger partial charge in [0.15, 0.2) is 11.4 Å². The van der Waals surface area contributed by atoms with Crippen LogP contribution in [-0.4, -0.2) is 16.0 Å². The second-order valence-electron chi connectivity index (χ2n) is 6.05. The molecule has 0 fully saturated rings. The van der Waals surface area contributed by atoms with Gasteiger partial charge < -0.3 is 14.9 Å². The fourth-order valence-corrected chi connectivity index (χ4v) is 3.79. The highest BCUT2D eigenvalue weighted by atomic mass is 16.5. The molecule has 3 aromatic carbocycles. The Kier molecular flexibility index (Phi) is 2.29. The van der Waals surface area contributed by atoms with Crippen LogP contribution in [0.15, 0.2) is 60.7 Å². The number of allylic oxidation sites excluding steroid dienone is 1. The molecule has 1 spiro atoms. The molecule has 3 aromatic rings. The largest absolute Gasteiger partial charge is 0.507 e. The maximum atomic E-state index is 12.3. The Hall–Kier alpha value is -3.27. The molecule has 2 N–H and O–H groups in total. The van der Waals surface area contributed by atoms with E-state index < -0.39 is 5.60 Å². The Bertz CT molecular complexity index is 1080. The number of carbonyl (C=O) groups is 1. The van der Waals surface area contributed by atoms with Gasteiger partial charge in [0.2, 0.25) is 0 Å². The molecule has 0 saturated heterocycles. The van der Waals surface area contributed by atoms with Crippen LogP contribution in [-0.2, 0) is 5.60 Å². The van der Waals surface area contributed by atoms with Crippen LogP contribution in [0.3, 0.4) is 0 Å². The maximum Gasteiger partial charge on any atom is 0.186 e. The molecule has 1 unspecified atom stereocenters. The monoisotopic (exact) mass is 316 g/mol. The van der Waals surface area contributed by atoms with Crippen molar-refractivity contribution in [2.24, 2.45) is 0 Å². The summed E-state index contributed by atoms with van der Waals surface area (Å²) in [5.41, 5.74) is 0.606. The van der Waals surface area contributed by atoms with E-state index in [0.717, 1.165) is 10.9 Å². The predicted molar refractivity (Wildman–Crippen MR) is 88.6 cm³/mol. The molecule has 0 bridgehead atoms. The number of rotatable bonds is 0. The fourth-order valence-electron chi connectivity index (χ4n) is 3.79. The van der Waals surface area contributed by atoms with Crippen molar-refractivity contribution in [3.05, 3.63) is 77.4 Å². The molecule has 0 aromatic heterocycles. The van der Waals surface area contributed by atoms with Crippen molar-refractivity contribution in [3.63, 3.8) is 0 Å². The van der Waals surface area contributed by atoms with Crippen LogP contribution in [0.25, 0.3) is 10.8 Å². The molecule has 1 aliphatic carbocycles. The van der Waals surface area contributed by atoms with Gasteiger partial charge >= 0.3 is 0 Å². The summed E-state index contributed by atoms with van der Waals surface area (Å²) >= 11 is 0. The van der Waals surface area contributed by atoms with Crippen molar-refractivity contribution in [1.82, 2.24) is 0 Å². The number of hydrogen-bond acceptors (Lipinski definition) is 4. The van der Waals surface area contributed by atoms with Gasteiger partial charge in [-0.1, -0.05) is 24.3 Å². The summed E-state index contributed by atoms with van der Waals surface area (Å²) in [7, 11) is 0. The Morgan fingerprint density at radius 1 is 0.917 bits per heavy atom. The smallest absolute Gasteiger partial charge is 0.186 e. The lowest BCUT2D eigenvalue weighted by Gasteiger charge is -2.32. The minimum absolute atomic E-state index is 0.0132. The van der Waals surface area contributed by atoms with Crippen molar-refractivity contribution in [3.8, 4) is 17.2 Å². The lowest BCUT2D eigenvalue weighted by Crippen LogP contribution is -2.34. The summed E-state index contributed by atoms with van der Waals surface area (Å²) in [5, 5.41) is 22.1. The first-order valence-corrected chi connectivity index (χ1v) is 7.62. The molecule has 0 radical (unpaired) electrons. The third kappa shape index (κ3) is 1.41. The van der Waals surface area contributed by atoms with E-state index in [-0.39, 0.29) is 17.3 Å². The molecule has 1 atom stereocenters. The molecular formula is C20H12O4. The van der Waals surface area contributed by atoms with E-state index in [4.69, 9.17) is 4.74 Å². The van der Waals surface area contributed by atoms with Crippen molar-refractivity contribution in [2.75, 3.05) is 0 Å². The Morgan fingerprint density at radius 3 is 2.62 bits per heavy atom. The quantitative estimate of drug-likeness (QED) is 0.664. The zero-order valence-corrected chi connectivity index (χ0v) is 12.5. The number of fused-ring (bicyclic) bond motifs is 3. The first-order valence-electron chi connectivity index (χ1n) is 7.62. The second-order valence-corrected chi connectivity index (χ2v) is 6.05. The molecule has 1 aliphatic heterocycles. The van der Waals surface area contributed by atoms with E-state index in [0.29, 0.717) is 22.3 Å². The van der Waals surface area contributed by atoms with Crippen molar-refractivity contribution >= 4 is 16.6 Å². The van der Waals surface area contributed by atoms with Crippen LogP contribution in [0.4, 0.5) is 0 Å². The van der Waals surface area contributed by atoms with Gasteiger partial charge in [-0.05, 0) is 36.4 Å². The first-order chi connectivity index (χ1) is 11.6. The van der Waals surface area contributed by atoms with Crippen LogP contribution in [0.2, 0.25) is 0 Å². The number of ether oxygens (including phenoxy) is 1. The zero-order chi connectivity index (χ0) is 16.5. The summed E-state index contributed by atoms with van der Waals surface area (Å²) in [5.74, 6) is 0.636. The highest BCUT2D eigenvalue weighted by Crippen LogP contribution is 2.54. The number of ketones is 1. The molecule has 0 amide bonds. The van der Waals surface area contributed by atoms with Gasteiger partial charge in [-0.3, -0.25) is 4.79 Å². The van der Waals surface area contributed by atoms with Crippen molar-refractivity contribution in [2.45, 2.75) is 5.60 Å². The third-order valence-electron chi connectivity index (χ3n) is 4.80. The highest BCUT2D eigenvalue weighted by molar-refractivity contribution is 6.09. The summed E-state index contributed by atoms with van der Waals surface area (Å²) in [6.45, 7) is 0. The Morgan fingerprint density at radius 2 is 1.75 bits per heavy atom. The van der Waals surface area contributed by atoms with Gasteiger partial charge in [0.05, 0.1) is 5.56 Å². The minimum Gasteiger partial charge on any atom is -0.507 e. The normalized spacial score (nSPS) is 20.4. The summed E-state index contributed by atoms with van der Waals surface area (Å²) in [6, 6.07) is 13.7. The van der Waals surface area contributed by atoms with E-state index >= 15 is 0 Å². The molecule has 4 heteroatoms. The predicted octanol–water partition coefficient (Wildman–Crippen LogP) is 3.64. The van der Waals surface area contributed by atoms with E-state index in [2.05, 4.69) is 0 Å². The molecule has 5 rings (SSSR count). The summed E-state index contributed by atoms with van der Waals surface area (Å²) in [6.07, 6.45) is 3.16. The standard InChI is InChI=1S/C20H12O4/c21-14-8-7-13-18-11(14)3-2-6-17(18)24-20(13)10-9-15(22)12-4-1-5-16(23)19(12)20/h1-10,21,23H. The van der Waals surface area contributed by atoms with Gasteiger partial charge in [-0.15, -0.1) is 0 Å². The molecule has 0 saturated carbocycles. The van der Waals surface area contributed by atoms with Gasteiger partial charge in [0, 0.05) is 21.9 Å². The second kappa shape index (κ2) is 4.17. The number of hydrogen-bond donors (Lipinski definition) is 2. The average Bonchev–Trinajstić information content (AvgIpc) is 2.90. The van der Waals surface area contributed by atoms with Crippen LogP contribution in [0.5, 0.6) is 17.2 Å². The van der Waals surface area contributed by atoms with Crippen molar-refractivity contribution in [1.29, 1.82) is 0 Å². The number of benzene rings is 3. The van der Waals surface area contributed by atoms with Crippen LogP contribution < -0.4 is 4.74 Å². The van der Waals surface area contributed by atoms with Gasteiger partial charge in [-0.25, -0.2) is 0 Å². The number of aromatic hydroxyl groups is 2. The van der Waals surface area contributed by atoms with E-state index in [1.54, 1.807) is 36.4 Å². The van der Waals surface area contributed by atoms with Crippen molar-refractivity contribution < 1.29 is 19.7 Å². The fraction of sp³-hybridized carbons (Fsp3) is 0.0500. The zero-order valence-electron chi connectivity index (χ0n) is 12.5. The molecule has 116 valence electrons. The Labute approximate surface area is 137 Å². The molecule has 2 aliphatic rings. The third-order valence-corrected chi connectivity index (χ3v) is 4.80. The van der Waals surface area contributed by atoms with Gasteiger partial charge in [0.25, 0.3) is 0 Å². The van der Waals surface area contributed by atoms with Gasteiger partial charge in [0.1, 0.15) is 17.2 Å². The SMILES string of the molecule is O=C1C=CC2(Oc3cccc4c(O)ccc2c34)c2c(O)cccc21. The molecule has 24 heavy (non-hydrogen) atoms. The molecule has 1 heterocycles. The summed E-state index contributed by atoms with van der Waals surface area (Å²) in [4.78, 5) is 12.3. The van der Waals surface area contributed by atoms with Crippen LogP contribution in [0.1, 0.15) is 21.5 Å². The van der Waals surface area contributed by atoms with Gasteiger partial charge in [-0.2, -0.15) is 0 Å². The van der Waals surface area contributed by atoms with E-state index in [1.807, 2.05) is 18.2 Å². The highest BCUT2D eigenvalue weighted by Gasteiger charge is 2.47. The number of phenols is 2. The Balaban J connectivity index is 1.93. The lowest BCUT2D eigenvalue weighted by molar-refractivity contribution is 0.102. The van der Waals surface area contributed by atoms with E-state index in [9.17, 15) is 15.0 Å².